The van der Waals surface area contributed by atoms with Gasteiger partial charge in [0.15, 0.2) is 0 Å². The number of aromatic nitrogens is 1. The van der Waals surface area contributed by atoms with Crippen molar-refractivity contribution in [2.24, 2.45) is 0 Å². The second-order valence-corrected chi connectivity index (χ2v) is 8.96. The summed E-state index contributed by atoms with van der Waals surface area (Å²) in [6.07, 6.45) is 2.70. The van der Waals surface area contributed by atoms with Crippen molar-refractivity contribution in [3.8, 4) is 0 Å². The first-order valence-electron chi connectivity index (χ1n) is 9.49. The van der Waals surface area contributed by atoms with Gasteiger partial charge >= 0.3 is 0 Å². The van der Waals surface area contributed by atoms with Gasteiger partial charge in [0.05, 0.1) is 16.6 Å². The van der Waals surface area contributed by atoms with Crippen LogP contribution in [-0.4, -0.2) is 24.8 Å². The van der Waals surface area contributed by atoms with Crippen molar-refractivity contribution in [1.29, 1.82) is 0 Å². The van der Waals surface area contributed by atoms with Gasteiger partial charge in [-0.2, -0.15) is 4.31 Å². The van der Waals surface area contributed by atoms with Crippen molar-refractivity contribution in [2.75, 3.05) is 7.05 Å². The van der Waals surface area contributed by atoms with Crippen LogP contribution >= 0.6 is 0 Å². The fourth-order valence-corrected chi connectivity index (χ4v) is 4.57. The minimum Gasteiger partial charge on any atom is -0.259 e. The lowest BCUT2D eigenvalue weighted by atomic mass is 9.99. The van der Waals surface area contributed by atoms with E-state index in [1.807, 2.05) is 60.7 Å². The molecule has 4 nitrogen and oxygen atoms in total. The molecule has 0 aliphatic carbocycles. The number of pyridine rings is 1. The molecule has 0 aliphatic rings. The minimum atomic E-state index is -3.69. The molecule has 1 heterocycles. The summed E-state index contributed by atoms with van der Waals surface area (Å²) in [6, 6.07) is 21.9. The zero-order valence-electron chi connectivity index (χ0n) is 16.5. The first kappa shape index (κ1) is 20.2. The zero-order valence-corrected chi connectivity index (χ0v) is 17.3. The topological polar surface area (TPSA) is 50.3 Å². The third-order valence-electron chi connectivity index (χ3n) is 5.19. The van der Waals surface area contributed by atoms with E-state index in [-0.39, 0.29) is 0 Å². The average molecular weight is 395 g/mol. The number of hydrogen-bond donors (Lipinski definition) is 0. The summed E-state index contributed by atoms with van der Waals surface area (Å²) >= 11 is 0. The van der Waals surface area contributed by atoms with E-state index in [1.54, 1.807) is 25.4 Å². The lowest BCUT2D eigenvalue weighted by molar-refractivity contribution is 0.412. The van der Waals surface area contributed by atoms with E-state index in [9.17, 15) is 8.42 Å². The van der Waals surface area contributed by atoms with Gasteiger partial charge in [-0.3, -0.25) is 4.98 Å². The van der Waals surface area contributed by atoms with Crippen LogP contribution in [0.3, 0.4) is 0 Å². The Labute approximate surface area is 167 Å². The summed E-state index contributed by atoms with van der Waals surface area (Å²) in [5, 5.41) is 0. The van der Waals surface area contributed by atoms with Crippen LogP contribution in [-0.2, 0) is 10.0 Å². The number of hydrogen-bond acceptors (Lipinski definition) is 3. The van der Waals surface area contributed by atoms with Gasteiger partial charge in [-0.15, -0.1) is 0 Å². The molecule has 2 aromatic carbocycles. The molecule has 0 fully saturated rings. The van der Waals surface area contributed by atoms with Crippen molar-refractivity contribution >= 4 is 10.0 Å². The highest BCUT2D eigenvalue weighted by molar-refractivity contribution is 7.89. The largest absolute Gasteiger partial charge is 0.259 e. The molecule has 0 bridgehead atoms. The van der Waals surface area contributed by atoms with Crippen LogP contribution in [0.4, 0.5) is 0 Å². The predicted molar refractivity (Wildman–Crippen MR) is 113 cm³/mol. The van der Waals surface area contributed by atoms with Gasteiger partial charge in [-0.1, -0.05) is 62.4 Å². The predicted octanol–water partition coefficient (Wildman–Crippen LogP) is 5.01. The Kier molecular flexibility index (Phi) is 6.27. The Morgan fingerprint density at radius 3 is 2.11 bits per heavy atom. The van der Waals surface area contributed by atoms with Crippen LogP contribution in [0, 0.1) is 0 Å². The molecule has 0 radical (unpaired) electrons. The van der Waals surface area contributed by atoms with Gasteiger partial charge in [0.25, 0.3) is 0 Å². The number of rotatable bonds is 7. The highest BCUT2D eigenvalue weighted by atomic mass is 32.2. The fraction of sp³-hybridized carbons (Fsp3) is 0.261. The summed E-state index contributed by atoms with van der Waals surface area (Å²) in [5.74, 6) is 0.403. The van der Waals surface area contributed by atoms with Gasteiger partial charge in [-0.25, -0.2) is 8.42 Å². The lowest BCUT2D eigenvalue weighted by Gasteiger charge is -2.27. The number of benzene rings is 2. The molecule has 3 aromatic rings. The second kappa shape index (κ2) is 8.67. The molecule has 1 aromatic heterocycles. The maximum absolute atomic E-state index is 13.4. The molecule has 0 spiro atoms. The summed E-state index contributed by atoms with van der Waals surface area (Å²) in [4.78, 5) is 4.72. The molecule has 0 N–H and O–H groups in total. The molecule has 0 aliphatic heterocycles. The van der Waals surface area contributed by atoms with E-state index < -0.39 is 16.1 Å². The molecular weight excluding hydrogens is 368 g/mol. The van der Waals surface area contributed by atoms with Crippen molar-refractivity contribution in [3.63, 3.8) is 0 Å². The molecule has 146 valence electrons. The maximum atomic E-state index is 13.4. The first-order valence-corrected chi connectivity index (χ1v) is 10.9. The highest BCUT2D eigenvalue weighted by Gasteiger charge is 2.31. The normalized spacial score (nSPS) is 14.0. The van der Waals surface area contributed by atoms with Crippen LogP contribution in [0.1, 0.15) is 49.0 Å². The van der Waals surface area contributed by atoms with E-state index in [1.165, 1.54) is 4.31 Å². The molecule has 0 saturated carbocycles. The van der Waals surface area contributed by atoms with Gasteiger partial charge < -0.3 is 0 Å². The molecule has 0 amide bonds. The Morgan fingerprint density at radius 1 is 0.893 bits per heavy atom. The van der Waals surface area contributed by atoms with Gasteiger partial charge in [0.2, 0.25) is 10.0 Å². The Balaban J connectivity index is 2.01. The Hall–Kier alpha value is -2.50. The first-order chi connectivity index (χ1) is 13.4. The lowest BCUT2D eigenvalue weighted by Crippen LogP contribution is -2.32. The molecule has 2 atom stereocenters. The molecule has 0 saturated heterocycles. The quantitative estimate of drug-likeness (QED) is 0.566. The summed E-state index contributed by atoms with van der Waals surface area (Å²) in [5.41, 5.74) is 2.72. The van der Waals surface area contributed by atoms with Crippen LogP contribution in [0.25, 0.3) is 0 Å². The van der Waals surface area contributed by atoms with Gasteiger partial charge in [0.1, 0.15) is 0 Å². The Morgan fingerprint density at radius 2 is 1.54 bits per heavy atom. The summed E-state index contributed by atoms with van der Waals surface area (Å²) in [7, 11) is -2.08. The van der Waals surface area contributed by atoms with Crippen molar-refractivity contribution in [3.05, 3.63) is 95.8 Å². The number of sulfonamides is 1. The SMILES string of the molecule is CC[C@@H](C)c1ccc(S(=O)(=O)N(C)[C@@H](c2ccccc2)c2ccccn2)cc1. The monoisotopic (exact) mass is 394 g/mol. The standard InChI is InChI=1S/C23H26N2O2S/c1-4-18(2)19-13-15-21(16-14-19)28(26,27)25(3)23(20-10-6-5-7-11-20)22-12-8-9-17-24-22/h5-18,23H,4H2,1-3H3/t18-,23+/m1/s1. The Bertz CT molecular complexity index is 948. The molecule has 0 unspecified atom stereocenters. The second-order valence-electron chi connectivity index (χ2n) is 6.97. The molecule has 5 heteroatoms. The molecule has 28 heavy (non-hydrogen) atoms. The van der Waals surface area contributed by atoms with Crippen LogP contribution in [0.15, 0.2) is 83.9 Å². The highest BCUT2D eigenvalue weighted by Crippen LogP contribution is 2.31. The van der Waals surface area contributed by atoms with Crippen LogP contribution in [0.5, 0.6) is 0 Å². The van der Waals surface area contributed by atoms with Gasteiger partial charge in [0, 0.05) is 13.2 Å². The van der Waals surface area contributed by atoms with Gasteiger partial charge in [-0.05, 0) is 47.7 Å². The van der Waals surface area contributed by atoms with Crippen molar-refractivity contribution < 1.29 is 8.42 Å². The maximum Gasteiger partial charge on any atom is 0.243 e. The van der Waals surface area contributed by atoms with E-state index in [4.69, 9.17) is 0 Å². The zero-order chi connectivity index (χ0) is 20.1. The van der Waals surface area contributed by atoms with Crippen molar-refractivity contribution in [1.82, 2.24) is 9.29 Å². The van der Waals surface area contributed by atoms with Crippen LogP contribution in [0.2, 0.25) is 0 Å². The fourth-order valence-electron chi connectivity index (χ4n) is 3.25. The van der Waals surface area contributed by atoms with E-state index in [2.05, 4.69) is 18.8 Å². The van der Waals surface area contributed by atoms with E-state index in [0.717, 1.165) is 17.5 Å². The average Bonchev–Trinajstić information content (AvgIpc) is 2.75. The molecule has 3 rings (SSSR count). The van der Waals surface area contributed by atoms with E-state index >= 15 is 0 Å². The third kappa shape index (κ3) is 4.16. The van der Waals surface area contributed by atoms with E-state index in [0.29, 0.717) is 16.5 Å². The van der Waals surface area contributed by atoms with Crippen LogP contribution < -0.4 is 0 Å². The van der Waals surface area contributed by atoms with Crippen molar-refractivity contribution in [2.45, 2.75) is 37.1 Å². The third-order valence-corrected chi connectivity index (χ3v) is 7.02. The molecular formula is C23H26N2O2S. The minimum absolute atomic E-state index is 0.291. The summed E-state index contributed by atoms with van der Waals surface area (Å²) in [6.45, 7) is 4.27. The smallest absolute Gasteiger partial charge is 0.243 e. The summed E-state index contributed by atoms with van der Waals surface area (Å²) < 4.78 is 28.1. The number of nitrogens with zero attached hydrogens (tertiary/aromatic N) is 2.